The van der Waals surface area contributed by atoms with Crippen molar-refractivity contribution in [1.82, 2.24) is 10.2 Å². The first-order valence-corrected chi connectivity index (χ1v) is 8.26. The summed E-state index contributed by atoms with van der Waals surface area (Å²) in [6, 6.07) is 10.0. The van der Waals surface area contributed by atoms with Gasteiger partial charge in [0.05, 0.1) is 17.7 Å². The van der Waals surface area contributed by atoms with E-state index >= 15 is 0 Å². The van der Waals surface area contributed by atoms with Crippen molar-refractivity contribution in [3.05, 3.63) is 35.9 Å². The van der Waals surface area contributed by atoms with E-state index in [0.717, 1.165) is 19.0 Å². The Morgan fingerprint density at radius 3 is 2.64 bits per heavy atom. The fourth-order valence-electron chi connectivity index (χ4n) is 3.56. The summed E-state index contributed by atoms with van der Waals surface area (Å²) in [7, 11) is 0. The number of benzene rings is 1. The Balaban J connectivity index is 1.93. The lowest BCUT2D eigenvalue weighted by Crippen LogP contribution is -2.62. The van der Waals surface area contributed by atoms with Crippen molar-refractivity contribution >= 4 is 5.91 Å². The molecule has 3 atom stereocenters. The number of piperidine rings is 1. The van der Waals surface area contributed by atoms with Gasteiger partial charge in [0.2, 0.25) is 5.91 Å². The SMILES string of the molecule is CC(=O)NC1C(c2ccccc2)N(CC2CC2)CCC1(C)O. The average Bonchev–Trinajstić information content (AvgIpc) is 3.27. The van der Waals surface area contributed by atoms with E-state index in [4.69, 9.17) is 0 Å². The predicted molar refractivity (Wildman–Crippen MR) is 86.3 cm³/mol. The first-order valence-electron chi connectivity index (χ1n) is 8.26. The molecule has 0 bridgehead atoms. The molecule has 1 aromatic rings. The smallest absolute Gasteiger partial charge is 0.217 e. The third-order valence-corrected chi connectivity index (χ3v) is 4.97. The molecule has 1 saturated carbocycles. The van der Waals surface area contributed by atoms with Crippen LogP contribution in [0, 0.1) is 5.92 Å². The van der Waals surface area contributed by atoms with Crippen LogP contribution in [-0.4, -0.2) is 40.6 Å². The van der Waals surface area contributed by atoms with Crippen molar-refractivity contribution < 1.29 is 9.90 Å². The first-order chi connectivity index (χ1) is 10.5. The highest BCUT2D eigenvalue weighted by Gasteiger charge is 2.46. The van der Waals surface area contributed by atoms with Crippen LogP contribution in [0.5, 0.6) is 0 Å². The van der Waals surface area contributed by atoms with Crippen LogP contribution in [0.1, 0.15) is 44.7 Å². The number of nitrogens with zero attached hydrogens (tertiary/aromatic N) is 1. The zero-order valence-corrected chi connectivity index (χ0v) is 13.5. The molecule has 2 aliphatic rings. The van der Waals surface area contributed by atoms with Crippen LogP contribution >= 0.6 is 0 Å². The van der Waals surface area contributed by atoms with Crippen molar-refractivity contribution in [2.24, 2.45) is 5.92 Å². The van der Waals surface area contributed by atoms with Gasteiger partial charge < -0.3 is 10.4 Å². The molecule has 1 amide bonds. The lowest BCUT2D eigenvalue weighted by Gasteiger charge is -2.49. The summed E-state index contributed by atoms with van der Waals surface area (Å²) in [4.78, 5) is 14.1. The van der Waals surface area contributed by atoms with Crippen molar-refractivity contribution in [3.63, 3.8) is 0 Å². The Hall–Kier alpha value is -1.39. The number of amides is 1. The second kappa shape index (κ2) is 6.01. The molecule has 1 heterocycles. The third-order valence-electron chi connectivity index (χ3n) is 4.97. The molecule has 0 aromatic heterocycles. The summed E-state index contributed by atoms with van der Waals surface area (Å²) in [5.74, 6) is 0.701. The van der Waals surface area contributed by atoms with Crippen molar-refractivity contribution in [2.45, 2.75) is 50.8 Å². The fourth-order valence-corrected chi connectivity index (χ4v) is 3.56. The fraction of sp³-hybridized carbons (Fsp3) is 0.611. The number of rotatable bonds is 4. The Labute approximate surface area is 132 Å². The van der Waals surface area contributed by atoms with Crippen LogP contribution in [-0.2, 0) is 4.79 Å². The largest absolute Gasteiger partial charge is 0.388 e. The second-order valence-corrected chi connectivity index (χ2v) is 7.08. The number of carbonyl (C=O) groups is 1. The maximum absolute atomic E-state index is 11.7. The summed E-state index contributed by atoms with van der Waals surface area (Å²) in [5, 5.41) is 13.9. The summed E-state index contributed by atoms with van der Waals surface area (Å²) in [6.45, 7) is 5.31. The van der Waals surface area contributed by atoms with E-state index in [-0.39, 0.29) is 18.0 Å². The predicted octanol–water partition coefficient (Wildman–Crippen LogP) is 2.10. The molecule has 1 aromatic carbocycles. The van der Waals surface area contributed by atoms with Gasteiger partial charge in [-0.1, -0.05) is 30.3 Å². The molecule has 1 aliphatic heterocycles. The molecule has 2 N–H and O–H groups in total. The summed E-state index contributed by atoms with van der Waals surface area (Å²) >= 11 is 0. The quantitative estimate of drug-likeness (QED) is 0.895. The van der Waals surface area contributed by atoms with Gasteiger partial charge in [0.25, 0.3) is 0 Å². The minimum Gasteiger partial charge on any atom is -0.388 e. The summed E-state index contributed by atoms with van der Waals surface area (Å²) in [6.07, 6.45) is 3.30. The highest BCUT2D eigenvalue weighted by atomic mass is 16.3. The van der Waals surface area contributed by atoms with Crippen LogP contribution in [0.15, 0.2) is 30.3 Å². The maximum Gasteiger partial charge on any atom is 0.217 e. The number of hydrogen-bond donors (Lipinski definition) is 2. The topological polar surface area (TPSA) is 52.6 Å². The molecular weight excluding hydrogens is 276 g/mol. The first kappa shape index (κ1) is 15.5. The van der Waals surface area contributed by atoms with Crippen LogP contribution in [0.4, 0.5) is 0 Å². The van der Waals surface area contributed by atoms with Crippen LogP contribution < -0.4 is 5.32 Å². The summed E-state index contributed by atoms with van der Waals surface area (Å²) in [5.41, 5.74) is 0.286. The molecule has 0 radical (unpaired) electrons. The van der Waals surface area contributed by atoms with Gasteiger partial charge in [0.1, 0.15) is 0 Å². The van der Waals surface area contributed by atoms with Gasteiger partial charge in [-0.05, 0) is 37.7 Å². The van der Waals surface area contributed by atoms with Crippen molar-refractivity contribution in [2.75, 3.05) is 13.1 Å². The highest BCUT2D eigenvalue weighted by Crippen LogP contribution is 2.40. The van der Waals surface area contributed by atoms with E-state index in [0.29, 0.717) is 6.42 Å². The van der Waals surface area contributed by atoms with Crippen molar-refractivity contribution in [1.29, 1.82) is 0 Å². The maximum atomic E-state index is 11.7. The zero-order chi connectivity index (χ0) is 15.7. The molecule has 2 fully saturated rings. The highest BCUT2D eigenvalue weighted by molar-refractivity contribution is 5.73. The van der Waals surface area contributed by atoms with Crippen LogP contribution in [0.2, 0.25) is 0 Å². The average molecular weight is 302 g/mol. The van der Waals surface area contributed by atoms with Gasteiger partial charge in [0, 0.05) is 20.0 Å². The Morgan fingerprint density at radius 1 is 1.36 bits per heavy atom. The number of aliphatic hydroxyl groups is 1. The van der Waals surface area contributed by atoms with E-state index < -0.39 is 5.60 Å². The Morgan fingerprint density at radius 2 is 2.05 bits per heavy atom. The minimum absolute atomic E-state index is 0.0365. The molecule has 4 heteroatoms. The number of likely N-dealkylation sites (tertiary alicyclic amines) is 1. The molecule has 3 rings (SSSR count). The summed E-state index contributed by atoms with van der Waals surface area (Å²) < 4.78 is 0. The third kappa shape index (κ3) is 3.33. The Bertz CT molecular complexity index is 525. The van der Waals surface area contributed by atoms with Gasteiger partial charge in [-0.25, -0.2) is 0 Å². The molecule has 1 saturated heterocycles. The molecular formula is C18H26N2O2. The van der Waals surface area contributed by atoms with E-state index in [2.05, 4.69) is 22.3 Å². The van der Waals surface area contributed by atoms with E-state index in [1.54, 1.807) is 0 Å². The standard InChI is InChI=1S/C18H26N2O2/c1-13(21)19-17-16(15-6-4-3-5-7-15)20(12-14-8-9-14)11-10-18(17,2)22/h3-7,14,16-17,22H,8-12H2,1-2H3,(H,19,21). The molecule has 22 heavy (non-hydrogen) atoms. The number of hydrogen-bond acceptors (Lipinski definition) is 3. The van der Waals surface area contributed by atoms with Gasteiger partial charge in [0.15, 0.2) is 0 Å². The van der Waals surface area contributed by atoms with Gasteiger partial charge in [-0.15, -0.1) is 0 Å². The second-order valence-electron chi connectivity index (χ2n) is 7.08. The van der Waals surface area contributed by atoms with Crippen LogP contribution in [0.25, 0.3) is 0 Å². The number of nitrogens with one attached hydrogen (secondary N) is 1. The van der Waals surface area contributed by atoms with Gasteiger partial charge in [-0.2, -0.15) is 0 Å². The van der Waals surface area contributed by atoms with Crippen LogP contribution in [0.3, 0.4) is 0 Å². The molecule has 0 spiro atoms. The van der Waals surface area contributed by atoms with E-state index in [1.807, 2.05) is 25.1 Å². The molecule has 1 aliphatic carbocycles. The van der Waals surface area contributed by atoms with E-state index in [1.165, 1.54) is 25.3 Å². The van der Waals surface area contributed by atoms with Crippen molar-refractivity contribution in [3.8, 4) is 0 Å². The normalized spacial score (nSPS) is 32.7. The van der Waals surface area contributed by atoms with Gasteiger partial charge >= 0.3 is 0 Å². The monoisotopic (exact) mass is 302 g/mol. The Kier molecular flexibility index (Phi) is 4.24. The molecule has 4 nitrogen and oxygen atoms in total. The minimum atomic E-state index is -0.883. The lowest BCUT2D eigenvalue weighted by molar-refractivity contribution is -0.126. The molecule has 120 valence electrons. The lowest BCUT2D eigenvalue weighted by atomic mass is 9.79. The van der Waals surface area contributed by atoms with Gasteiger partial charge in [-0.3, -0.25) is 9.69 Å². The number of carbonyl (C=O) groups excluding carboxylic acids is 1. The van der Waals surface area contributed by atoms with E-state index in [9.17, 15) is 9.90 Å². The zero-order valence-electron chi connectivity index (χ0n) is 13.5. The molecule has 3 unspecified atom stereocenters.